The number of nitrogens with zero attached hydrogens (tertiary/aromatic N) is 2. The largest absolute Gasteiger partial charge is 0.269 e. The molecule has 1 heterocycles. The molecule has 0 N–H and O–H groups in total. The number of sulfonamides is 1. The van der Waals surface area contributed by atoms with Gasteiger partial charge in [0, 0.05) is 11.6 Å². The molecule has 1 unspecified atom stereocenters. The second-order valence-electron chi connectivity index (χ2n) is 7.84. The molecule has 0 bridgehead atoms. The Kier molecular flexibility index (Phi) is 6.40. The van der Waals surface area contributed by atoms with Gasteiger partial charge in [-0.25, -0.2) is 12.8 Å². The smallest absolute Gasteiger partial charge is 0.263 e. The van der Waals surface area contributed by atoms with Gasteiger partial charge in [-0.1, -0.05) is 60.1 Å². The molecule has 34 heavy (non-hydrogen) atoms. The lowest BCUT2D eigenvalue weighted by molar-refractivity contribution is 0.0514. The summed E-state index contributed by atoms with van der Waals surface area (Å²) in [4.78, 5) is 27.1. The number of benzene rings is 3. The van der Waals surface area contributed by atoms with Gasteiger partial charge < -0.3 is 0 Å². The first-order valence-electron chi connectivity index (χ1n) is 10.3. The van der Waals surface area contributed by atoms with E-state index in [0.717, 1.165) is 14.8 Å². The summed E-state index contributed by atoms with van der Waals surface area (Å²) in [7, 11) is -4.29. The molecule has 4 rings (SSSR count). The molecule has 1 aliphatic heterocycles. The van der Waals surface area contributed by atoms with Crippen LogP contribution in [-0.4, -0.2) is 35.6 Å². The highest BCUT2D eigenvalue weighted by Crippen LogP contribution is 2.33. The molecule has 174 valence electrons. The quantitative estimate of drug-likeness (QED) is 0.442. The third-order valence-electron chi connectivity index (χ3n) is 5.50. The lowest BCUT2D eigenvalue weighted by Crippen LogP contribution is -2.53. The van der Waals surface area contributed by atoms with Crippen molar-refractivity contribution in [3.8, 4) is 0 Å². The Bertz CT molecular complexity index is 1350. The number of fused-ring (bicyclic) bond motifs is 1. The normalized spacial score (nSPS) is 14.4. The zero-order valence-electron chi connectivity index (χ0n) is 18.1. The van der Waals surface area contributed by atoms with Gasteiger partial charge in [0.1, 0.15) is 12.0 Å². The van der Waals surface area contributed by atoms with E-state index in [1.165, 1.54) is 48.5 Å². The van der Waals surface area contributed by atoms with Crippen LogP contribution in [0.25, 0.3) is 0 Å². The van der Waals surface area contributed by atoms with Crippen LogP contribution in [0.4, 0.5) is 4.39 Å². The van der Waals surface area contributed by atoms with E-state index in [4.69, 9.17) is 11.6 Å². The number of aryl methyl sites for hydroxylation is 1. The first kappa shape index (κ1) is 23.8. The second-order valence-corrected chi connectivity index (χ2v) is 10.2. The number of halogens is 2. The van der Waals surface area contributed by atoms with Crippen molar-refractivity contribution in [2.45, 2.75) is 24.5 Å². The number of rotatable bonds is 7. The average molecular weight is 499 g/mol. The Hall–Kier alpha value is -3.33. The van der Waals surface area contributed by atoms with Crippen molar-refractivity contribution in [3.63, 3.8) is 0 Å². The summed E-state index contributed by atoms with van der Waals surface area (Å²) in [5.74, 6) is -1.86. The van der Waals surface area contributed by atoms with Crippen molar-refractivity contribution in [1.29, 1.82) is 0 Å². The Balaban J connectivity index is 1.86. The Morgan fingerprint density at radius 3 is 2.00 bits per heavy atom. The van der Waals surface area contributed by atoms with Crippen LogP contribution < -0.4 is 0 Å². The van der Waals surface area contributed by atoms with E-state index in [2.05, 4.69) is 6.58 Å². The monoisotopic (exact) mass is 498 g/mol. The summed E-state index contributed by atoms with van der Waals surface area (Å²) in [6.45, 7) is 5.21. The molecule has 9 heteroatoms. The second kappa shape index (κ2) is 9.13. The van der Waals surface area contributed by atoms with Crippen LogP contribution >= 0.6 is 11.6 Å². The van der Waals surface area contributed by atoms with Crippen molar-refractivity contribution >= 4 is 33.4 Å². The molecular formula is C25H20ClFN2O4S. The molecule has 0 fully saturated rings. The first-order chi connectivity index (χ1) is 16.1. The van der Waals surface area contributed by atoms with Crippen molar-refractivity contribution in [1.82, 2.24) is 9.21 Å². The third-order valence-corrected chi connectivity index (χ3v) is 7.51. The topological polar surface area (TPSA) is 74.8 Å². The van der Waals surface area contributed by atoms with Crippen LogP contribution in [0.2, 0.25) is 0 Å². The minimum Gasteiger partial charge on any atom is -0.269 e. The Morgan fingerprint density at radius 2 is 1.50 bits per heavy atom. The van der Waals surface area contributed by atoms with Gasteiger partial charge in [-0.2, -0.15) is 4.31 Å². The van der Waals surface area contributed by atoms with E-state index in [9.17, 15) is 22.4 Å². The third kappa shape index (κ3) is 4.27. The summed E-state index contributed by atoms with van der Waals surface area (Å²) in [5, 5.41) is -0.243. The predicted octanol–water partition coefficient (Wildman–Crippen LogP) is 4.70. The minimum atomic E-state index is -4.29. The molecule has 6 nitrogen and oxygen atoms in total. The highest BCUT2D eigenvalue weighted by atomic mass is 35.5. The zero-order chi connectivity index (χ0) is 24.6. The lowest BCUT2D eigenvalue weighted by atomic mass is 10.1. The summed E-state index contributed by atoms with van der Waals surface area (Å²) in [6.07, 6.45) is -1.52. The fourth-order valence-electron chi connectivity index (χ4n) is 3.77. The van der Waals surface area contributed by atoms with Crippen LogP contribution in [0.3, 0.4) is 0 Å². The zero-order valence-corrected chi connectivity index (χ0v) is 19.7. The number of carbonyl (C=O) groups excluding carboxylic acids is 2. The van der Waals surface area contributed by atoms with Crippen LogP contribution in [-0.2, 0) is 16.6 Å². The maximum absolute atomic E-state index is 13.8. The van der Waals surface area contributed by atoms with E-state index in [0.29, 0.717) is 5.56 Å². The maximum Gasteiger partial charge on any atom is 0.263 e. The lowest BCUT2D eigenvalue weighted by Gasteiger charge is -2.35. The first-order valence-corrected chi connectivity index (χ1v) is 12.1. The van der Waals surface area contributed by atoms with Crippen LogP contribution in [0.1, 0.15) is 31.8 Å². The van der Waals surface area contributed by atoms with Crippen molar-refractivity contribution < 1.29 is 22.4 Å². The molecule has 1 aliphatic rings. The van der Waals surface area contributed by atoms with Gasteiger partial charge in [-0.15, -0.1) is 0 Å². The maximum atomic E-state index is 13.8. The summed E-state index contributed by atoms with van der Waals surface area (Å²) in [6, 6.07) is 17.5. The highest BCUT2D eigenvalue weighted by Gasteiger charge is 2.46. The molecule has 0 saturated carbocycles. The van der Waals surface area contributed by atoms with Gasteiger partial charge >= 0.3 is 0 Å². The molecule has 3 aromatic carbocycles. The van der Waals surface area contributed by atoms with Crippen molar-refractivity contribution in [2.75, 3.05) is 0 Å². The van der Waals surface area contributed by atoms with Gasteiger partial charge in [0.05, 0.1) is 16.0 Å². The number of amides is 2. The molecule has 0 radical (unpaired) electrons. The molecule has 0 saturated heterocycles. The molecule has 0 aliphatic carbocycles. The molecule has 0 spiro atoms. The Morgan fingerprint density at radius 1 is 0.971 bits per heavy atom. The van der Waals surface area contributed by atoms with E-state index in [1.54, 1.807) is 24.3 Å². The molecular weight excluding hydrogens is 479 g/mol. The van der Waals surface area contributed by atoms with E-state index in [1.807, 2.05) is 6.92 Å². The summed E-state index contributed by atoms with van der Waals surface area (Å²) >= 11 is 6.30. The van der Waals surface area contributed by atoms with Crippen LogP contribution in [0, 0.1) is 12.7 Å². The molecule has 0 aromatic heterocycles. The highest BCUT2D eigenvalue weighted by molar-refractivity contribution is 7.89. The fraction of sp³-hybridized carbons (Fsp3) is 0.120. The summed E-state index contributed by atoms with van der Waals surface area (Å²) < 4.78 is 42.0. The minimum absolute atomic E-state index is 0.0558. The average Bonchev–Trinajstić information content (AvgIpc) is 3.05. The molecule has 1 atom stereocenters. The van der Waals surface area contributed by atoms with Crippen molar-refractivity contribution in [2.24, 2.45) is 0 Å². The Labute approximate surface area is 201 Å². The van der Waals surface area contributed by atoms with Gasteiger partial charge in [-0.05, 0) is 48.9 Å². The summed E-state index contributed by atoms with van der Waals surface area (Å²) in [5.41, 5.74) is 1.56. The molecule has 3 aromatic rings. The number of hydrogen-bond donors (Lipinski definition) is 0. The number of hydrogen-bond acceptors (Lipinski definition) is 4. The number of carbonyl (C=O) groups is 2. The van der Waals surface area contributed by atoms with E-state index < -0.39 is 33.8 Å². The van der Waals surface area contributed by atoms with Gasteiger partial charge in [0.2, 0.25) is 10.0 Å². The van der Waals surface area contributed by atoms with Gasteiger partial charge in [-0.3, -0.25) is 14.5 Å². The SMILES string of the molecule is C=C(Cl)C(N1C(=O)c2ccccc2C1=O)N(Cc1ccc(F)cc1)S(=O)(=O)c1ccc(C)cc1. The fourth-order valence-corrected chi connectivity index (χ4v) is 5.60. The van der Waals surface area contributed by atoms with E-state index >= 15 is 0 Å². The van der Waals surface area contributed by atoms with Gasteiger partial charge in [0.15, 0.2) is 0 Å². The van der Waals surface area contributed by atoms with Crippen LogP contribution in [0.5, 0.6) is 0 Å². The predicted molar refractivity (Wildman–Crippen MR) is 126 cm³/mol. The van der Waals surface area contributed by atoms with Crippen LogP contribution in [0.15, 0.2) is 89.3 Å². The standard InChI is InChI=1S/C25H20ClFN2O4S/c1-16-7-13-20(14-8-16)34(32,33)28(15-18-9-11-19(27)12-10-18)23(17(2)26)29-24(30)21-5-3-4-6-22(21)25(29)31/h3-14,23H,2,15H2,1H3. The molecule has 2 amide bonds. The number of imide groups is 1. The van der Waals surface area contributed by atoms with Crippen molar-refractivity contribution in [3.05, 3.63) is 112 Å². The van der Waals surface area contributed by atoms with Gasteiger partial charge in [0.25, 0.3) is 11.8 Å². The van der Waals surface area contributed by atoms with E-state index in [-0.39, 0.29) is 27.6 Å².